The quantitative estimate of drug-likeness (QED) is 0.747. The van der Waals surface area contributed by atoms with Gasteiger partial charge in [-0.1, -0.05) is 34.1 Å². The Balaban J connectivity index is 2.32. The topological polar surface area (TPSA) is 20.2 Å². The summed E-state index contributed by atoms with van der Waals surface area (Å²) in [5.41, 5.74) is 0.471. The molecule has 0 aliphatic carbocycles. The van der Waals surface area contributed by atoms with E-state index in [2.05, 4.69) is 31.9 Å². The number of rotatable bonds is 3. The molecule has 5 heteroatoms. The number of halogens is 4. The summed E-state index contributed by atoms with van der Waals surface area (Å²) in [5, 5.41) is 10.1. The van der Waals surface area contributed by atoms with Gasteiger partial charge in [0.2, 0.25) is 0 Å². The molecule has 1 unspecified atom stereocenters. The number of benzene rings is 2. The molecule has 1 N–H and O–H groups in total. The lowest BCUT2D eigenvalue weighted by molar-refractivity contribution is 0.175. The van der Waals surface area contributed by atoms with Crippen LogP contribution in [-0.2, 0) is 6.42 Å². The van der Waals surface area contributed by atoms with Crippen LogP contribution >= 0.6 is 31.9 Å². The zero-order chi connectivity index (χ0) is 14.0. The lowest BCUT2D eigenvalue weighted by atomic mass is 10.0. The minimum atomic E-state index is -0.978. The second kappa shape index (κ2) is 6.11. The maximum atomic E-state index is 13.8. The van der Waals surface area contributed by atoms with E-state index < -0.39 is 17.7 Å². The van der Waals surface area contributed by atoms with Crippen molar-refractivity contribution in [2.75, 3.05) is 0 Å². The molecular formula is C14H10Br2F2O. The Hall–Kier alpha value is -0.780. The normalized spacial score (nSPS) is 12.5. The molecule has 0 fully saturated rings. The van der Waals surface area contributed by atoms with Gasteiger partial charge in [0.1, 0.15) is 11.6 Å². The van der Waals surface area contributed by atoms with Crippen LogP contribution in [0.4, 0.5) is 8.78 Å². The van der Waals surface area contributed by atoms with Crippen LogP contribution in [0.25, 0.3) is 0 Å². The van der Waals surface area contributed by atoms with Crippen molar-refractivity contribution < 1.29 is 13.9 Å². The molecule has 19 heavy (non-hydrogen) atoms. The van der Waals surface area contributed by atoms with Crippen LogP contribution < -0.4 is 0 Å². The molecule has 1 nitrogen and oxygen atoms in total. The average molecular weight is 392 g/mol. The maximum absolute atomic E-state index is 13.8. The summed E-state index contributed by atoms with van der Waals surface area (Å²) >= 11 is 6.31. The van der Waals surface area contributed by atoms with Crippen LogP contribution in [0, 0.1) is 11.6 Å². The number of aliphatic hydroxyl groups excluding tert-OH is 1. The van der Waals surface area contributed by atoms with Crippen LogP contribution in [0.5, 0.6) is 0 Å². The smallest absolute Gasteiger partial charge is 0.143 e. The van der Waals surface area contributed by atoms with Crippen LogP contribution in [-0.4, -0.2) is 5.11 Å². The second-order valence-corrected chi connectivity index (χ2v) is 5.77. The molecule has 0 radical (unpaired) electrons. The molecule has 0 aliphatic rings. The highest BCUT2D eigenvalue weighted by atomic mass is 79.9. The molecule has 0 aliphatic heterocycles. The Morgan fingerprint density at radius 3 is 2.37 bits per heavy atom. The van der Waals surface area contributed by atoms with E-state index in [0.717, 1.165) is 0 Å². The van der Waals surface area contributed by atoms with Gasteiger partial charge >= 0.3 is 0 Å². The van der Waals surface area contributed by atoms with Crippen molar-refractivity contribution in [2.45, 2.75) is 12.5 Å². The summed E-state index contributed by atoms with van der Waals surface area (Å²) in [4.78, 5) is 0. The predicted octanol–water partition coefficient (Wildman–Crippen LogP) is 4.77. The van der Waals surface area contributed by atoms with E-state index in [4.69, 9.17) is 0 Å². The summed E-state index contributed by atoms with van der Waals surface area (Å²) in [7, 11) is 0. The molecule has 2 aromatic carbocycles. The minimum Gasteiger partial charge on any atom is -0.388 e. The molecule has 2 aromatic rings. The molecular weight excluding hydrogens is 382 g/mol. The molecule has 0 spiro atoms. The SMILES string of the molecule is OC(Cc1c(F)ccc(Br)c1F)c1ccccc1Br. The Labute approximate surface area is 126 Å². The summed E-state index contributed by atoms with van der Waals surface area (Å²) in [6.45, 7) is 0. The van der Waals surface area contributed by atoms with Crippen molar-refractivity contribution in [2.24, 2.45) is 0 Å². The first kappa shape index (κ1) is 14.6. The third kappa shape index (κ3) is 3.22. The standard InChI is InChI=1S/C14H10Br2F2O/c15-10-4-2-1-3-8(10)13(19)7-9-12(17)6-5-11(16)14(9)18/h1-6,13,19H,7H2. The first-order valence-electron chi connectivity index (χ1n) is 5.55. The van der Waals surface area contributed by atoms with Crippen molar-refractivity contribution in [3.8, 4) is 0 Å². The lowest BCUT2D eigenvalue weighted by Gasteiger charge is -2.14. The first-order chi connectivity index (χ1) is 9.00. The van der Waals surface area contributed by atoms with Crippen molar-refractivity contribution in [3.05, 3.63) is 68.1 Å². The zero-order valence-corrected chi connectivity index (χ0v) is 12.9. The fraction of sp³-hybridized carbons (Fsp3) is 0.143. The molecule has 1 atom stereocenters. The molecule has 0 heterocycles. The van der Waals surface area contributed by atoms with Gasteiger partial charge in [0.15, 0.2) is 0 Å². The van der Waals surface area contributed by atoms with Gasteiger partial charge in [-0.3, -0.25) is 0 Å². The van der Waals surface area contributed by atoms with E-state index in [0.29, 0.717) is 10.0 Å². The molecule has 0 saturated heterocycles. The Morgan fingerprint density at radius 1 is 1.00 bits per heavy atom. The van der Waals surface area contributed by atoms with Gasteiger partial charge in [0.25, 0.3) is 0 Å². The van der Waals surface area contributed by atoms with Gasteiger partial charge in [-0.05, 0) is 39.7 Å². The number of hydrogen-bond donors (Lipinski definition) is 1. The fourth-order valence-electron chi connectivity index (χ4n) is 1.80. The molecule has 100 valence electrons. The number of hydrogen-bond acceptors (Lipinski definition) is 1. The van der Waals surface area contributed by atoms with Gasteiger partial charge in [-0.25, -0.2) is 8.78 Å². The number of aliphatic hydroxyl groups is 1. The van der Waals surface area contributed by atoms with Gasteiger partial charge in [-0.2, -0.15) is 0 Å². The Kier molecular flexibility index (Phi) is 4.71. The molecule has 0 aromatic heterocycles. The minimum absolute atomic E-state index is 0.125. The van der Waals surface area contributed by atoms with E-state index >= 15 is 0 Å². The maximum Gasteiger partial charge on any atom is 0.143 e. The van der Waals surface area contributed by atoms with Gasteiger partial charge in [0, 0.05) is 16.5 Å². The predicted molar refractivity (Wildman–Crippen MR) is 76.9 cm³/mol. The fourth-order valence-corrected chi connectivity index (χ4v) is 2.73. The van der Waals surface area contributed by atoms with Crippen molar-refractivity contribution in [1.82, 2.24) is 0 Å². The summed E-state index contributed by atoms with van der Waals surface area (Å²) in [5.74, 6) is -1.34. The van der Waals surface area contributed by atoms with Crippen LogP contribution in [0.1, 0.15) is 17.2 Å². The second-order valence-electron chi connectivity index (χ2n) is 4.06. The largest absolute Gasteiger partial charge is 0.388 e. The van der Waals surface area contributed by atoms with E-state index in [-0.39, 0.29) is 16.5 Å². The first-order valence-corrected chi connectivity index (χ1v) is 7.14. The molecule has 0 saturated carbocycles. The van der Waals surface area contributed by atoms with Crippen LogP contribution in [0.3, 0.4) is 0 Å². The monoisotopic (exact) mass is 390 g/mol. The zero-order valence-electron chi connectivity index (χ0n) is 9.71. The molecule has 2 rings (SSSR count). The average Bonchev–Trinajstić information content (AvgIpc) is 2.39. The third-order valence-corrected chi connectivity index (χ3v) is 4.14. The Morgan fingerprint density at radius 2 is 1.68 bits per heavy atom. The summed E-state index contributed by atoms with van der Waals surface area (Å²) in [6.07, 6.45) is -1.10. The highest BCUT2D eigenvalue weighted by Gasteiger charge is 2.18. The summed E-state index contributed by atoms with van der Waals surface area (Å²) < 4.78 is 28.3. The van der Waals surface area contributed by atoms with E-state index in [9.17, 15) is 13.9 Å². The highest BCUT2D eigenvalue weighted by Crippen LogP contribution is 2.29. The summed E-state index contributed by atoms with van der Waals surface area (Å²) in [6, 6.07) is 9.53. The van der Waals surface area contributed by atoms with Crippen molar-refractivity contribution in [3.63, 3.8) is 0 Å². The van der Waals surface area contributed by atoms with Crippen LogP contribution in [0.15, 0.2) is 45.3 Å². The lowest BCUT2D eigenvalue weighted by Crippen LogP contribution is -2.07. The third-order valence-electron chi connectivity index (χ3n) is 2.80. The van der Waals surface area contributed by atoms with Crippen molar-refractivity contribution in [1.29, 1.82) is 0 Å². The van der Waals surface area contributed by atoms with E-state index in [1.807, 2.05) is 0 Å². The van der Waals surface area contributed by atoms with E-state index in [1.54, 1.807) is 24.3 Å². The van der Waals surface area contributed by atoms with Crippen molar-refractivity contribution >= 4 is 31.9 Å². The van der Waals surface area contributed by atoms with Gasteiger partial charge < -0.3 is 5.11 Å². The van der Waals surface area contributed by atoms with Gasteiger partial charge in [0.05, 0.1) is 10.6 Å². The highest BCUT2D eigenvalue weighted by molar-refractivity contribution is 9.10. The van der Waals surface area contributed by atoms with Gasteiger partial charge in [-0.15, -0.1) is 0 Å². The molecule has 0 bridgehead atoms. The van der Waals surface area contributed by atoms with E-state index in [1.165, 1.54) is 12.1 Å². The van der Waals surface area contributed by atoms with Crippen LogP contribution in [0.2, 0.25) is 0 Å². The molecule has 0 amide bonds. The Bertz CT molecular complexity index is 602.